The third kappa shape index (κ3) is 3.92. The van der Waals surface area contributed by atoms with E-state index in [9.17, 15) is 0 Å². The Kier molecular flexibility index (Phi) is 5.13. The molecule has 0 atom stereocenters. The van der Waals surface area contributed by atoms with E-state index in [1.165, 1.54) is 16.8 Å². The van der Waals surface area contributed by atoms with E-state index >= 15 is 0 Å². The summed E-state index contributed by atoms with van der Waals surface area (Å²) in [6.45, 7) is 0. The van der Waals surface area contributed by atoms with Crippen LogP contribution in [0.25, 0.3) is 32.9 Å². The standard InChI is InChI=1S/C24H22N2OS/c1-26(2)20-12-8-18(9-13-20)5-4-17-6-10-19(11-7-17)24-25-22-15-14-21(27-3)16-23(22)28-24/h4-16H,1-3H3. The van der Waals surface area contributed by atoms with Crippen LogP contribution in [0.4, 0.5) is 5.69 Å². The lowest BCUT2D eigenvalue weighted by atomic mass is 10.1. The summed E-state index contributed by atoms with van der Waals surface area (Å²) in [6.07, 6.45) is 4.27. The molecule has 28 heavy (non-hydrogen) atoms. The number of anilines is 1. The Hall–Kier alpha value is -3.11. The highest BCUT2D eigenvalue weighted by Gasteiger charge is 2.07. The topological polar surface area (TPSA) is 25.4 Å². The molecule has 3 aromatic carbocycles. The number of ether oxygens (including phenoxy) is 1. The van der Waals surface area contributed by atoms with Gasteiger partial charge in [0.15, 0.2) is 0 Å². The average Bonchev–Trinajstić information content (AvgIpc) is 3.16. The van der Waals surface area contributed by atoms with Gasteiger partial charge in [0.1, 0.15) is 10.8 Å². The minimum atomic E-state index is 0.863. The lowest BCUT2D eigenvalue weighted by Crippen LogP contribution is -2.07. The Labute approximate surface area is 169 Å². The summed E-state index contributed by atoms with van der Waals surface area (Å²) in [6, 6.07) is 23.0. The second-order valence-corrected chi connectivity index (χ2v) is 7.82. The third-order valence-electron chi connectivity index (χ3n) is 4.63. The van der Waals surface area contributed by atoms with Crippen LogP contribution in [0.5, 0.6) is 5.75 Å². The lowest BCUT2D eigenvalue weighted by Gasteiger charge is -2.11. The number of nitrogens with zero attached hydrogens (tertiary/aromatic N) is 2. The highest BCUT2D eigenvalue weighted by molar-refractivity contribution is 7.21. The van der Waals surface area contributed by atoms with Crippen molar-refractivity contribution in [2.75, 3.05) is 26.1 Å². The zero-order chi connectivity index (χ0) is 19.5. The van der Waals surface area contributed by atoms with Crippen LogP contribution in [0.3, 0.4) is 0 Å². The van der Waals surface area contributed by atoms with Gasteiger partial charge in [-0.25, -0.2) is 4.98 Å². The first-order chi connectivity index (χ1) is 13.6. The molecule has 0 spiro atoms. The van der Waals surface area contributed by atoms with Gasteiger partial charge in [-0.05, 0) is 41.5 Å². The quantitative estimate of drug-likeness (QED) is 0.381. The summed E-state index contributed by atoms with van der Waals surface area (Å²) in [5.41, 5.74) is 5.70. The number of thiazole rings is 1. The minimum absolute atomic E-state index is 0.863. The van der Waals surface area contributed by atoms with E-state index in [1.54, 1.807) is 18.4 Å². The molecule has 0 amide bonds. The van der Waals surface area contributed by atoms with Crippen molar-refractivity contribution in [2.24, 2.45) is 0 Å². The Morgan fingerprint density at radius 3 is 2.11 bits per heavy atom. The van der Waals surface area contributed by atoms with Gasteiger partial charge in [0.05, 0.1) is 17.3 Å². The fourth-order valence-corrected chi connectivity index (χ4v) is 3.97. The number of fused-ring (bicyclic) bond motifs is 1. The molecular weight excluding hydrogens is 364 g/mol. The molecule has 0 saturated heterocycles. The predicted octanol–water partition coefficient (Wildman–Crippen LogP) is 6.21. The summed E-state index contributed by atoms with van der Waals surface area (Å²) in [5, 5.41) is 1.03. The van der Waals surface area contributed by atoms with Crippen LogP contribution in [0, 0.1) is 0 Å². The fourth-order valence-electron chi connectivity index (χ4n) is 2.97. The summed E-state index contributed by atoms with van der Waals surface area (Å²) >= 11 is 1.69. The molecular formula is C24H22N2OS. The van der Waals surface area contributed by atoms with Crippen LogP contribution < -0.4 is 9.64 Å². The first kappa shape index (κ1) is 18.3. The van der Waals surface area contributed by atoms with E-state index in [-0.39, 0.29) is 0 Å². The van der Waals surface area contributed by atoms with E-state index in [0.717, 1.165) is 26.5 Å². The molecule has 4 aromatic rings. The van der Waals surface area contributed by atoms with E-state index < -0.39 is 0 Å². The minimum Gasteiger partial charge on any atom is -0.497 e. The maximum absolute atomic E-state index is 5.30. The van der Waals surface area contributed by atoms with E-state index in [0.29, 0.717) is 0 Å². The molecule has 0 N–H and O–H groups in total. The summed E-state index contributed by atoms with van der Waals surface area (Å²) in [7, 11) is 5.79. The Morgan fingerprint density at radius 1 is 0.857 bits per heavy atom. The van der Waals surface area contributed by atoms with Crippen LogP contribution >= 0.6 is 11.3 Å². The van der Waals surface area contributed by atoms with E-state index in [1.807, 2.05) is 32.3 Å². The van der Waals surface area contributed by atoms with Crippen LogP contribution in [-0.4, -0.2) is 26.2 Å². The maximum atomic E-state index is 5.30. The smallest absolute Gasteiger partial charge is 0.124 e. The lowest BCUT2D eigenvalue weighted by molar-refractivity contribution is 0.415. The average molecular weight is 387 g/mol. The van der Waals surface area contributed by atoms with Crippen molar-refractivity contribution in [1.29, 1.82) is 0 Å². The number of methoxy groups -OCH3 is 1. The molecule has 0 saturated carbocycles. The molecule has 0 unspecified atom stereocenters. The van der Waals surface area contributed by atoms with Crippen LogP contribution in [0.2, 0.25) is 0 Å². The highest BCUT2D eigenvalue weighted by atomic mass is 32.1. The van der Waals surface area contributed by atoms with Gasteiger partial charge in [0, 0.05) is 25.3 Å². The Morgan fingerprint density at radius 2 is 1.50 bits per heavy atom. The number of hydrogen-bond donors (Lipinski definition) is 0. The number of hydrogen-bond acceptors (Lipinski definition) is 4. The first-order valence-corrected chi connectivity index (χ1v) is 9.94. The van der Waals surface area contributed by atoms with E-state index in [4.69, 9.17) is 9.72 Å². The summed E-state index contributed by atoms with van der Waals surface area (Å²) in [4.78, 5) is 6.85. The molecule has 140 valence electrons. The van der Waals surface area contributed by atoms with Crippen LogP contribution in [-0.2, 0) is 0 Å². The molecule has 0 bridgehead atoms. The van der Waals surface area contributed by atoms with E-state index in [2.05, 4.69) is 65.6 Å². The van der Waals surface area contributed by atoms with Crippen LogP contribution in [0.15, 0.2) is 66.7 Å². The molecule has 0 aliphatic carbocycles. The maximum Gasteiger partial charge on any atom is 0.124 e. The number of aromatic nitrogens is 1. The van der Waals surface area contributed by atoms with Gasteiger partial charge in [0.25, 0.3) is 0 Å². The predicted molar refractivity (Wildman–Crippen MR) is 121 cm³/mol. The number of benzene rings is 3. The van der Waals surface area contributed by atoms with Gasteiger partial charge in [-0.3, -0.25) is 0 Å². The molecule has 4 rings (SSSR count). The monoisotopic (exact) mass is 386 g/mol. The fraction of sp³-hybridized carbons (Fsp3) is 0.125. The zero-order valence-electron chi connectivity index (χ0n) is 16.2. The van der Waals surface area contributed by atoms with Crippen molar-refractivity contribution in [3.05, 3.63) is 77.9 Å². The zero-order valence-corrected chi connectivity index (χ0v) is 17.0. The summed E-state index contributed by atoms with van der Waals surface area (Å²) < 4.78 is 6.44. The van der Waals surface area contributed by atoms with Gasteiger partial charge in [-0.1, -0.05) is 48.6 Å². The second-order valence-electron chi connectivity index (χ2n) is 6.79. The van der Waals surface area contributed by atoms with Crippen molar-refractivity contribution in [3.63, 3.8) is 0 Å². The highest BCUT2D eigenvalue weighted by Crippen LogP contribution is 2.32. The van der Waals surface area contributed by atoms with Gasteiger partial charge < -0.3 is 9.64 Å². The molecule has 3 nitrogen and oxygen atoms in total. The van der Waals surface area contributed by atoms with Gasteiger partial charge in [-0.15, -0.1) is 11.3 Å². The Balaban J connectivity index is 1.52. The molecule has 0 radical (unpaired) electrons. The largest absolute Gasteiger partial charge is 0.497 e. The second kappa shape index (κ2) is 7.87. The molecule has 0 aliphatic heterocycles. The molecule has 1 heterocycles. The molecule has 0 fully saturated rings. The molecule has 4 heteroatoms. The SMILES string of the molecule is COc1ccc2nc(-c3ccc(C=Cc4ccc(N(C)C)cc4)cc3)sc2c1. The van der Waals surface area contributed by atoms with Gasteiger partial charge in [-0.2, -0.15) is 0 Å². The van der Waals surface area contributed by atoms with Crippen molar-refractivity contribution >= 4 is 39.4 Å². The van der Waals surface area contributed by atoms with Gasteiger partial charge in [0.2, 0.25) is 0 Å². The molecule has 1 aromatic heterocycles. The third-order valence-corrected chi connectivity index (χ3v) is 5.70. The van der Waals surface area contributed by atoms with Crippen molar-refractivity contribution < 1.29 is 4.74 Å². The first-order valence-electron chi connectivity index (χ1n) is 9.13. The van der Waals surface area contributed by atoms with Crippen molar-refractivity contribution in [2.45, 2.75) is 0 Å². The normalized spacial score (nSPS) is 11.2. The molecule has 0 aliphatic rings. The Bertz CT molecular complexity index is 1110. The van der Waals surface area contributed by atoms with Crippen LogP contribution in [0.1, 0.15) is 11.1 Å². The number of rotatable bonds is 5. The van der Waals surface area contributed by atoms with Gasteiger partial charge >= 0.3 is 0 Å². The van der Waals surface area contributed by atoms with Crippen molar-refractivity contribution in [3.8, 4) is 16.3 Å². The van der Waals surface area contributed by atoms with Crippen molar-refractivity contribution in [1.82, 2.24) is 4.98 Å². The summed E-state index contributed by atoms with van der Waals surface area (Å²) in [5.74, 6) is 0.863.